The average Bonchev–Trinajstić information content (AvgIpc) is 2.45. The van der Waals surface area contributed by atoms with Crippen molar-refractivity contribution in [3.05, 3.63) is 23.8 Å². The quantitative estimate of drug-likeness (QED) is 0.925. The van der Waals surface area contributed by atoms with E-state index >= 15 is 0 Å². The number of amides is 1. The molecule has 5 nitrogen and oxygen atoms in total. The zero-order chi connectivity index (χ0) is 15.6. The first-order chi connectivity index (χ1) is 9.85. The van der Waals surface area contributed by atoms with Crippen LogP contribution >= 0.6 is 0 Å². The Labute approximate surface area is 124 Å². The van der Waals surface area contributed by atoms with Crippen LogP contribution in [0.5, 0.6) is 5.75 Å². The molecule has 2 rings (SSSR count). The first-order valence-corrected chi connectivity index (χ1v) is 7.06. The molecule has 0 fully saturated rings. The Morgan fingerprint density at radius 2 is 2.10 bits per heavy atom. The molecular formula is C16H21NO4. The first-order valence-electron chi connectivity index (χ1n) is 7.06. The summed E-state index contributed by atoms with van der Waals surface area (Å²) in [5.41, 5.74) is 0.886. The minimum Gasteiger partial charge on any atom is -0.497 e. The molecule has 1 heterocycles. The van der Waals surface area contributed by atoms with Gasteiger partial charge in [0.25, 0.3) is 0 Å². The van der Waals surface area contributed by atoms with E-state index in [1.807, 2.05) is 18.2 Å². The third-order valence-corrected chi connectivity index (χ3v) is 3.88. The monoisotopic (exact) mass is 291 g/mol. The molecular weight excluding hydrogens is 270 g/mol. The SMILES string of the molecule is COc1ccc2c(c1)CCCN2C(=O)CC(C)(C)C(=O)O. The number of carbonyl (C=O) groups excluding carboxylic acids is 1. The van der Waals surface area contributed by atoms with Gasteiger partial charge in [-0.25, -0.2) is 0 Å². The fourth-order valence-corrected chi connectivity index (χ4v) is 2.51. The van der Waals surface area contributed by atoms with Crippen molar-refractivity contribution >= 4 is 17.6 Å². The Morgan fingerprint density at radius 3 is 2.71 bits per heavy atom. The Morgan fingerprint density at radius 1 is 1.38 bits per heavy atom. The van der Waals surface area contributed by atoms with Crippen molar-refractivity contribution in [1.29, 1.82) is 0 Å². The van der Waals surface area contributed by atoms with E-state index in [-0.39, 0.29) is 12.3 Å². The van der Waals surface area contributed by atoms with Crippen LogP contribution in [0.4, 0.5) is 5.69 Å². The van der Waals surface area contributed by atoms with Crippen molar-refractivity contribution in [2.75, 3.05) is 18.6 Å². The molecule has 1 N–H and O–H groups in total. The summed E-state index contributed by atoms with van der Waals surface area (Å²) in [5.74, 6) is -0.328. The third-order valence-electron chi connectivity index (χ3n) is 3.88. The molecule has 0 aromatic heterocycles. The minimum absolute atomic E-state index is 0.00615. The standard InChI is InChI=1S/C16H21NO4/c1-16(2,15(19)20)10-14(18)17-8-4-5-11-9-12(21-3)6-7-13(11)17/h6-7,9H,4-5,8,10H2,1-3H3,(H,19,20). The number of aliphatic carboxylic acids is 1. The third kappa shape index (κ3) is 3.17. The van der Waals surface area contributed by atoms with Gasteiger partial charge in [-0.15, -0.1) is 0 Å². The Hall–Kier alpha value is -2.04. The van der Waals surface area contributed by atoms with Gasteiger partial charge in [-0.05, 0) is 50.5 Å². The predicted octanol–water partition coefficient (Wildman–Crippen LogP) is 2.48. The number of nitrogens with zero attached hydrogens (tertiary/aromatic N) is 1. The molecule has 1 aliphatic rings. The number of aryl methyl sites for hydroxylation is 1. The highest BCUT2D eigenvalue weighted by Gasteiger charge is 2.33. The van der Waals surface area contributed by atoms with E-state index in [1.54, 1.807) is 25.9 Å². The number of hydrogen-bond donors (Lipinski definition) is 1. The van der Waals surface area contributed by atoms with E-state index in [4.69, 9.17) is 9.84 Å². The number of methoxy groups -OCH3 is 1. The van der Waals surface area contributed by atoms with Gasteiger partial charge in [0.1, 0.15) is 5.75 Å². The number of ether oxygens (including phenoxy) is 1. The Bertz CT molecular complexity index is 565. The van der Waals surface area contributed by atoms with Gasteiger partial charge in [0.2, 0.25) is 5.91 Å². The molecule has 0 unspecified atom stereocenters. The number of benzene rings is 1. The van der Waals surface area contributed by atoms with Crippen molar-refractivity contribution in [1.82, 2.24) is 0 Å². The molecule has 0 spiro atoms. The fourth-order valence-electron chi connectivity index (χ4n) is 2.51. The number of hydrogen-bond acceptors (Lipinski definition) is 3. The molecule has 0 bridgehead atoms. The predicted molar refractivity (Wildman–Crippen MR) is 79.7 cm³/mol. The van der Waals surface area contributed by atoms with E-state index in [0.29, 0.717) is 6.54 Å². The molecule has 1 aromatic rings. The molecule has 1 amide bonds. The molecule has 1 aliphatic heterocycles. The van der Waals surface area contributed by atoms with Gasteiger partial charge >= 0.3 is 5.97 Å². The fraction of sp³-hybridized carbons (Fsp3) is 0.500. The van der Waals surface area contributed by atoms with Crippen LogP contribution in [-0.2, 0) is 16.0 Å². The van der Waals surface area contributed by atoms with E-state index in [2.05, 4.69) is 0 Å². The molecule has 0 saturated heterocycles. The summed E-state index contributed by atoms with van der Waals surface area (Å²) in [6, 6.07) is 5.64. The highest BCUT2D eigenvalue weighted by atomic mass is 16.5. The maximum Gasteiger partial charge on any atom is 0.309 e. The number of carboxylic acids is 1. The summed E-state index contributed by atoms with van der Waals surface area (Å²) >= 11 is 0. The number of rotatable bonds is 4. The lowest BCUT2D eigenvalue weighted by atomic mass is 9.88. The minimum atomic E-state index is -1.05. The Balaban J connectivity index is 2.23. The molecule has 0 atom stereocenters. The zero-order valence-corrected chi connectivity index (χ0v) is 12.7. The van der Waals surface area contributed by atoms with Gasteiger partial charge in [0.05, 0.1) is 12.5 Å². The van der Waals surface area contributed by atoms with Crippen molar-refractivity contribution in [3.8, 4) is 5.75 Å². The topological polar surface area (TPSA) is 66.8 Å². The molecule has 1 aromatic carbocycles. The number of anilines is 1. The lowest BCUT2D eigenvalue weighted by Crippen LogP contribution is -2.39. The van der Waals surface area contributed by atoms with Crippen molar-refractivity contribution in [2.45, 2.75) is 33.1 Å². The van der Waals surface area contributed by atoms with Crippen LogP contribution in [0.15, 0.2) is 18.2 Å². The summed E-state index contributed by atoms with van der Waals surface area (Å²) in [6.07, 6.45) is 1.77. The molecule has 0 aliphatic carbocycles. The summed E-state index contributed by atoms with van der Waals surface area (Å²) < 4.78 is 5.21. The molecule has 0 radical (unpaired) electrons. The lowest BCUT2D eigenvalue weighted by Gasteiger charge is -2.31. The van der Waals surface area contributed by atoms with Crippen molar-refractivity contribution in [2.24, 2.45) is 5.41 Å². The van der Waals surface area contributed by atoms with Crippen LogP contribution < -0.4 is 9.64 Å². The van der Waals surface area contributed by atoms with Crippen LogP contribution in [0, 0.1) is 5.41 Å². The van der Waals surface area contributed by atoms with Gasteiger partial charge in [0.15, 0.2) is 0 Å². The second-order valence-electron chi connectivity index (χ2n) is 6.01. The van der Waals surface area contributed by atoms with E-state index in [9.17, 15) is 9.59 Å². The van der Waals surface area contributed by atoms with Crippen LogP contribution in [0.25, 0.3) is 0 Å². The molecule has 0 saturated carbocycles. The second-order valence-corrected chi connectivity index (χ2v) is 6.01. The average molecular weight is 291 g/mol. The smallest absolute Gasteiger partial charge is 0.309 e. The van der Waals surface area contributed by atoms with Crippen LogP contribution in [0.3, 0.4) is 0 Å². The summed E-state index contributed by atoms with van der Waals surface area (Å²) in [6.45, 7) is 3.78. The van der Waals surface area contributed by atoms with Crippen LogP contribution in [-0.4, -0.2) is 30.6 Å². The van der Waals surface area contributed by atoms with Crippen LogP contribution in [0.2, 0.25) is 0 Å². The van der Waals surface area contributed by atoms with Gasteiger partial charge in [-0.2, -0.15) is 0 Å². The van der Waals surface area contributed by atoms with Gasteiger partial charge < -0.3 is 14.7 Å². The molecule has 21 heavy (non-hydrogen) atoms. The lowest BCUT2D eigenvalue weighted by molar-refractivity contribution is -0.149. The van der Waals surface area contributed by atoms with Crippen molar-refractivity contribution < 1.29 is 19.4 Å². The Kier molecular flexibility index (Phi) is 4.21. The highest BCUT2D eigenvalue weighted by Crippen LogP contribution is 2.32. The number of carbonyl (C=O) groups is 2. The molecule has 5 heteroatoms. The second kappa shape index (κ2) is 5.76. The summed E-state index contributed by atoms with van der Waals surface area (Å²) in [4.78, 5) is 25.3. The summed E-state index contributed by atoms with van der Waals surface area (Å²) in [7, 11) is 1.61. The highest BCUT2D eigenvalue weighted by molar-refractivity contribution is 5.97. The van der Waals surface area contributed by atoms with E-state index in [0.717, 1.165) is 29.8 Å². The maximum absolute atomic E-state index is 12.5. The van der Waals surface area contributed by atoms with Crippen LogP contribution in [0.1, 0.15) is 32.3 Å². The number of fused-ring (bicyclic) bond motifs is 1. The van der Waals surface area contributed by atoms with Gasteiger partial charge in [0, 0.05) is 18.7 Å². The van der Waals surface area contributed by atoms with Gasteiger partial charge in [-0.1, -0.05) is 0 Å². The first kappa shape index (κ1) is 15.4. The van der Waals surface area contributed by atoms with Gasteiger partial charge in [-0.3, -0.25) is 9.59 Å². The summed E-state index contributed by atoms with van der Waals surface area (Å²) in [5, 5.41) is 9.16. The van der Waals surface area contributed by atoms with Crippen molar-refractivity contribution in [3.63, 3.8) is 0 Å². The normalized spacial score (nSPS) is 14.5. The molecule has 114 valence electrons. The van der Waals surface area contributed by atoms with E-state index < -0.39 is 11.4 Å². The zero-order valence-electron chi connectivity index (χ0n) is 12.7. The largest absolute Gasteiger partial charge is 0.497 e. The number of carboxylic acid groups (broad SMARTS) is 1. The maximum atomic E-state index is 12.5. The van der Waals surface area contributed by atoms with E-state index in [1.165, 1.54) is 0 Å².